The topological polar surface area (TPSA) is 17.1 Å². The van der Waals surface area contributed by atoms with Crippen molar-refractivity contribution in [1.29, 1.82) is 0 Å². The predicted octanol–water partition coefficient (Wildman–Crippen LogP) is 2.92. The van der Waals surface area contributed by atoms with E-state index in [0.29, 0.717) is 5.92 Å². The van der Waals surface area contributed by atoms with Crippen molar-refractivity contribution in [1.82, 2.24) is 0 Å². The Morgan fingerprint density at radius 2 is 2.00 bits per heavy atom. The first-order chi connectivity index (χ1) is 6.81. The largest absolute Gasteiger partial charge is 0.303 e. The second kappa shape index (κ2) is 3.79. The maximum absolute atomic E-state index is 10.8. The van der Waals surface area contributed by atoms with Gasteiger partial charge in [0.25, 0.3) is 0 Å². The molecule has 14 heavy (non-hydrogen) atoms. The zero-order valence-electron chi connectivity index (χ0n) is 8.31. The molecule has 0 aliphatic heterocycles. The lowest BCUT2D eigenvalue weighted by atomic mass is 9.98. The summed E-state index contributed by atoms with van der Waals surface area (Å²) >= 11 is 0. The summed E-state index contributed by atoms with van der Waals surface area (Å²) in [6.45, 7) is 2.11. The Labute approximate surface area is 84.5 Å². The number of benzene rings is 1. The predicted molar refractivity (Wildman–Crippen MR) is 57.8 cm³/mol. The third-order valence-electron chi connectivity index (χ3n) is 2.91. The van der Waals surface area contributed by atoms with Crippen LogP contribution in [0.15, 0.2) is 36.4 Å². The number of carbonyl (C=O) groups excluding carboxylic acids is 1. The molecule has 72 valence electrons. The quantitative estimate of drug-likeness (QED) is 0.649. The van der Waals surface area contributed by atoms with Gasteiger partial charge in [-0.15, -0.1) is 0 Å². The van der Waals surface area contributed by atoms with Crippen molar-refractivity contribution < 1.29 is 4.79 Å². The van der Waals surface area contributed by atoms with E-state index in [1.807, 2.05) is 18.2 Å². The van der Waals surface area contributed by atoms with Crippen LogP contribution in [0, 0.1) is 11.8 Å². The molecule has 1 aliphatic carbocycles. The molecule has 0 fully saturated rings. The maximum Gasteiger partial charge on any atom is 0.123 e. The van der Waals surface area contributed by atoms with Crippen molar-refractivity contribution >= 4 is 11.9 Å². The highest BCUT2D eigenvalue weighted by Crippen LogP contribution is 2.34. The van der Waals surface area contributed by atoms with Gasteiger partial charge in [-0.3, -0.25) is 0 Å². The van der Waals surface area contributed by atoms with Crippen LogP contribution in [-0.2, 0) is 4.79 Å². The Bertz CT molecular complexity index is 351. The zero-order chi connectivity index (χ0) is 9.97. The zero-order valence-corrected chi connectivity index (χ0v) is 8.31. The molecule has 0 bridgehead atoms. The Kier molecular flexibility index (Phi) is 2.49. The van der Waals surface area contributed by atoms with Gasteiger partial charge in [-0.2, -0.15) is 0 Å². The van der Waals surface area contributed by atoms with Crippen LogP contribution < -0.4 is 0 Å². The summed E-state index contributed by atoms with van der Waals surface area (Å²) in [4.78, 5) is 10.8. The Morgan fingerprint density at radius 1 is 1.29 bits per heavy atom. The van der Waals surface area contributed by atoms with E-state index in [2.05, 4.69) is 25.1 Å². The molecule has 0 N–H and O–H groups in total. The van der Waals surface area contributed by atoms with Crippen LogP contribution in [0.5, 0.6) is 0 Å². The SMILES string of the molecule is C[C@@H]1C=C(c2ccccc2)C[C@@H]1C=O. The summed E-state index contributed by atoms with van der Waals surface area (Å²) in [5.74, 6) is 0.577. The molecule has 0 aromatic heterocycles. The van der Waals surface area contributed by atoms with E-state index in [-0.39, 0.29) is 5.92 Å². The monoisotopic (exact) mass is 186 g/mol. The first-order valence-electron chi connectivity index (χ1n) is 5.02. The fraction of sp³-hybridized carbons (Fsp3) is 0.308. The van der Waals surface area contributed by atoms with Gasteiger partial charge in [-0.25, -0.2) is 0 Å². The number of hydrogen-bond acceptors (Lipinski definition) is 1. The molecule has 1 aliphatic rings. The Balaban J connectivity index is 2.23. The number of hydrogen-bond donors (Lipinski definition) is 0. The van der Waals surface area contributed by atoms with E-state index >= 15 is 0 Å². The molecular formula is C13H14O. The summed E-state index contributed by atoms with van der Waals surface area (Å²) in [5, 5.41) is 0. The molecule has 2 rings (SSSR count). The van der Waals surface area contributed by atoms with Gasteiger partial charge in [-0.05, 0) is 23.5 Å². The summed E-state index contributed by atoms with van der Waals surface area (Å²) < 4.78 is 0. The molecule has 0 spiro atoms. The molecule has 1 aromatic rings. The summed E-state index contributed by atoms with van der Waals surface area (Å²) in [6, 6.07) is 10.3. The highest BCUT2D eigenvalue weighted by molar-refractivity contribution is 5.73. The molecule has 0 unspecified atom stereocenters. The number of rotatable bonds is 2. The maximum atomic E-state index is 10.8. The average molecular weight is 186 g/mol. The molecule has 1 heteroatoms. The minimum absolute atomic E-state index is 0.185. The van der Waals surface area contributed by atoms with Crippen molar-refractivity contribution in [3.05, 3.63) is 42.0 Å². The molecule has 0 saturated heterocycles. The van der Waals surface area contributed by atoms with Gasteiger partial charge in [0.05, 0.1) is 0 Å². The van der Waals surface area contributed by atoms with E-state index in [4.69, 9.17) is 0 Å². The van der Waals surface area contributed by atoms with Gasteiger partial charge in [0, 0.05) is 5.92 Å². The third kappa shape index (κ3) is 1.63. The fourth-order valence-corrected chi connectivity index (χ4v) is 1.99. The van der Waals surface area contributed by atoms with E-state index in [1.165, 1.54) is 11.1 Å². The lowest BCUT2D eigenvalue weighted by molar-refractivity contribution is -0.111. The van der Waals surface area contributed by atoms with Crippen molar-refractivity contribution in [3.63, 3.8) is 0 Å². The lowest BCUT2D eigenvalue weighted by Crippen LogP contribution is -2.04. The highest BCUT2D eigenvalue weighted by atomic mass is 16.1. The van der Waals surface area contributed by atoms with Crippen molar-refractivity contribution in [2.45, 2.75) is 13.3 Å². The molecule has 2 atom stereocenters. The third-order valence-corrected chi connectivity index (χ3v) is 2.91. The van der Waals surface area contributed by atoms with Crippen LogP contribution in [0.25, 0.3) is 5.57 Å². The van der Waals surface area contributed by atoms with Crippen LogP contribution in [0.4, 0.5) is 0 Å². The van der Waals surface area contributed by atoms with Crippen LogP contribution in [0.3, 0.4) is 0 Å². The average Bonchev–Trinajstić information content (AvgIpc) is 2.61. The van der Waals surface area contributed by atoms with Crippen molar-refractivity contribution in [2.24, 2.45) is 11.8 Å². The first kappa shape index (κ1) is 9.20. The van der Waals surface area contributed by atoms with Crippen molar-refractivity contribution in [3.8, 4) is 0 Å². The smallest absolute Gasteiger partial charge is 0.123 e. The van der Waals surface area contributed by atoms with Crippen LogP contribution in [-0.4, -0.2) is 6.29 Å². The Morgan fingerprint density at radius 3 is 2.57 bits per heavy atom. The van der Waals surface area contributed by atoms with Gasteiger partial charge in [0.2, 0.25) is 0 Å². The number of aldehydes is 1. The van der Waals surface area contributed by atoms with E-state index in [1.54, 1.807) is 0 Å². The number of carbonyl (C=O) groups is 1. The van der Waals surface area contributed by atoms with Crippen LogP contribution in [0.2, 0.25) is 0 Å². The van der Waals surface area contributed by atoms with Crippen LogP contribution >= 0.6 is 0 Å². The van der Waals surface area contributed by atoms with Gasteiger partial charge >= 0.3 is 0 Å². The van der Waals surface area contributed by atoms with Gasteiger partial charge in [-0.1, -0.05) is 43.3 Å². The molecule has 0 amide bonds. The van der Waals surface area contributed by atoms with Gasteiger partial charge in [0.1, 0.15) is 6.29 Å². The standard InChI is InChI=1S/C13H14O/c1-10-7-12(8-13(10)9-14)11-5-3-2-4-6-11/h2-7,9-10,13H,8H2,1H3/t10-,13-/m1/s1. The van der Waals surface area contributed by atoms with Gasteiger partial charge < -0.3 is 4.79 Å². The lowest BCUT2D eigenvalue weighted by Gasteiger charge is -2.05. The molecule has 0 saturated carbocycles. The molecule has 1 aromatic carbocycles. The van der Waals surface area contributed by atoms with E-state index in [0.717, 1.165) is 12.7 Å². The summed E-state index contributed by atoms with van der Waals surface area (Å²) in [5.41, 5.74) is 2.57. The van der Waals surface area contributed by atoms with E-state index in [9.17, 15) is 4.79 Å². The normalized spacial score (nSPS) is 25.9. The highest BCUT2D eigenvalue weighted by Gasteiger charge is 2.23. The Hall–Kier alpha value is -1.37. The summed E-state index contributed by atoms with van der Waals surface area (Å²) in [6.07, 6.45) is 4.19. The van der Waals surface area contributed by atoms with Crippen molar-refractivity contribution in [2.75, 3.05) is 0 Å². The minimum Gasteiger partial charge on any atom is -0.303 e. The minimum atomic E-state index is 0.185. The molecular weight excluding hydrogens is 172 g/mol. The number of allylic oxidation sites excluding steroid dienone is 2. The second-order valence-electron chi connectivity index (χ2n) is 3.92. The summed E-state index contributed by atoms with van der Waals surface area (Å²) in [7, 11) is 0. The second-order valence-corrected chi connectivity index (χ2v) is 3.92. The first-order valence-corrected chi connectivity index (χ1v) is 5.02. The van der Waals surface area contributed by atoms with E-state index < -0.39 is 0 Å². The molecule has 0 heterocycles. The van der Waals surface area contributed by atoms with Crippen LogP contribution in [0.1, 0.15) is 18.9 Å². The molecule has 1 nitrogen and oxygen atoms in total. The van der Waals surface area contributed by atoms with Gasteiger partial charge in [0.15, 0.2) is 0 Å². The fourth-order valence-electron chi connectivity index (χ4n) is 1.99. The molecule has 0 radical (unpaired) electrons.